The van der Waals surface area contributed by atoms with E-state index in [1.165, 1.54) is 6.08 Å². The topological polar surface area (TPSA) is 67.4 Å². The lowest BCUT2D eigenvalue weighted by atomic mass is 10.2. The van der Waals surface area contributed by atoms with Gasteiger partial charge in [-0.2, -0.15) is 0 Å². The van der Waals surface area contributed by atoms with Crippen molar-refractivity contribution < 1.29 is 14.3 Å². The molecule has 0 aliphatic carbocycles. The maximum absolute atomic E-state index is 11.6. The molecule has 0 fully saturated rings. The van der Waals surface area contributed by atoms with Gasteiger partial charge in [0, 0.05) is 28.4 Å². The normalized spacial score (nSPS) is 14.5. The quantitative estimate of drug-likeness (QED) is 0.824. The molecule has 0 saturated carbocycles. The van der Waals surface area contributed by atoms with E-state index in [9.17, 15) is 9.59 Å². The van der Waals surface area contributed by atoms with Crippen LogP contribution in [0.25, 0.3) is 0 Å². The van der Waals surface area contributed by atoms with E-state index in [0.717, 1.165) is 4.47 Å². The molecule has 5 nitrogen and oxygen atoms in total. The van der Waals surface area contributed by atoms with Crippen molar-refractivity contribution in [1.82, 2.24) is 5.32 Å². The van der Waals surface area contributed by atoms with Crippen molar-refractivity contribution in [2.24, 2.45) is 0 Å². The highest BCUT2D eigenvalue weighted by molar-refractivity contribution is 9.10. The van der Waals surface area contributed by atoms with Crippen LogP contribution < -0.4 is 10.6 Å². The standard InChI is InChI=1S/C12H11BrN2O3/c13-8-1-3-9(4-2-8)14-12(17)15-10-5-6-18-11(16)7-10/h1-4,7H,5-6H2,(H2,14,15,17). The van der Waals surface area contributed by atoms with Crippen molar-refractivity contribution in [3.8, 4) is 0 Å². The number of esters is 1. The molecule has 0 radical (unpaired) electrons. The van der Waals surface area contributed by atoms with Gasteiger partial charge in [0.25, 0.3) is 0 Å². The van der Waals surface area contributed by atoms with E-state index in [0.29, 0.717) is 24.4 Å². The number of carbonyl (C=O) groups excluding carboxylic acids is 2. The van der Waals surface area contributed by atoms with E-state index in [4.69, 9.17) is 4.74 Å². The number of ether oxygens (including phenoxy) is 1. The fourth-order valence-corrected chi connectivity index (χ4v) is 1.72. The maximum atomic E-state index is 11.6. The zero-order valence-corrected chi connectivity index (χ0v) is 11.0. The number of benzene rings is 1. The molecule has 6 heteroatoms. The molecule has 0 spiro atoms. The van der Waals surface area contributed by atoms with Crippen LogP contribution in [0.15, 0.2) is 40.5 Å². The number of carbonyl (C=O) groups is 2. The van der Waals surface area contributed by atoms with E-state index in [1.807, 2.05) is 12.1 Å². The first-order valence-corrected chi connectivity index (χ1v) is 6.14. The summed E-state index contributed by atoms with van der Waals surface area (Å²) in [5, 5.41) is 5.28. The molecule has 1 aromatic rings. The molecule has 18 heavy (non-hydrogen) atoms. The van der Waals surface area contributed by atoms with Gasteiger partial charge in [-0.15, -0.1) is 0 Å². The third-order valence-corrected chi connectivity index (χ3v) is 2.81. The molecule has 0 saturated heterocycles. The number of cyclic esters (lactones) is 1. The summed E-state index contributed by atoms with van der Waals surface area (Å²) in [6.07, 6.45) is 1.80. The molecule has 2 N–H and O–H groups in total. The van der Waals surface area contributed by atoms with Gasteiger partial charge in [0.1, 0.15) is 0 Å². The minimum absolute atomic E-state index is 0.295. The van der Waals surface area contributed by atoms with Gasteiger partial charge in [-0.05, 0) is 24.3 Å². The number of urea groups is 1. The second-order valence-corrected chi connectivity index (χ2v) is 4.59. The van der Waals surface area contributed by atoms with Gasteiger partial charge in [0.15, 0.2) is 0 Å². The number of anilines is 1. The van der Waals surface area contributed by atoms with Gasteiger partial charge in [0.05, 0.1) is 6.61 Å². The lowest BCUT2D eigenvalue weighted by Crippen LogP contribution is -2.30. The van der Waals surface area contributed by atoms with Crippen LogP contribution in [0.3, 0.4) is 0 Å². The first kappa shape index (κ1) is 12.6. The van der Waals surface area contributed by atoms with Crippen LogP contribution in [-0.2, 0) is 9.53 Å². The maximum Gasteiger partial charge on any atom is 0.332 e. The Kier molecular flexibility index (Phi) is 3.99. The SMILES string of the molecule is O=C(NC1=CC(=O)OCC1)Nc1ccc(Br)cc1. The number of hydrogen-bond donors (Lipinski definition) is 2. The molecule has 0 bridgehead atoms. The average Bonchev–Trinajstić information content (AvgIpc) is 2.32. The minimum atomic E-state index is -0.430. The fourth-order valence-electron chi connectivity index (χ4n) is 1.46. The van der Waals surface area contributed by atoms with Crippen molar-refractivity contribution in [2.45, 2.75) is 6.42 Å². The van der Waals surface area contributed by atoms with Crippen LogP contribution in [0.1, 0.15) is 6.42 Å². The molecule has 1 aliphatic rings. The highest BCUT2D eigenvalue weighted by atomic mass is 79.9. The van der Waals surface area contributed by atoms with Crippen LogP contribution in [0.4, 0.5) is 10.5 Å². The van der Waals surface area contributed by atoms with E-state index in [1.54, 1.807) is 12.1 Å². The van der Waals surface area contributed by atoms with E-state index < -0.39 is 5.97 Å². The number of hydrogen-bond acceptors (Lipinski definition) is 3. The summed E-state index contributed by atoms with van der Waals surface area (Å²) in [7, 11) is 0. The third-order valence-electron chi connectivity index (χ3n) is 2.28. The largest absolute Gasteiger partial charge is 0.462 e. The Labute approximate surface area is 112 Å². The number of nitrogens with one attached hydrogen (secondary N) is 2. The molecule has 1 heterocycles. The summed E-state index contributed by atoms with van der Waals surface area (Å²) < 4.78 is 5.67. The van der Waals surface area contributed by atoms with Crippen molar-refractivity contribution in [3.05, 3.63) is 40.5 Å². The molecular weight excluding hydrogens is 300 g/mol. The fraction of sp³-hybridized carbons (Fsp3) is 0.167. The zero-order valence-electron chi connectivity index (χ0n) is 9.40. The summed E-state index contributed by atoms with van der Waals surface area (Å²) in [5.74, 6) is -0.430. The summed E-state index contributed by atoms with van der Waals surface area (Å²) in [5.41, 5.74) is 1.23. The number of amides is 2. The van der Waals surface area contributed by atoms with E-state index >= 15 is 0 Å². The summed E-state index contributed by atoms with van der Waals surface area (Å²) >= 11 is 3.31. The van der Waals surface area contributed by atoms with Gasteiger partial charge in [-0.25, -0.2) is 9.59 Å². The summed E-state index contributed by atoms with van der Waals surface area (Å²) in [6.45, 7) is 0.295. The van der Waals surface area contributed by atoms with E-state index in [2.05, 4.69) is 26.6 Å². The average molecular weight is 311 g/mol. The van der Waals surface area contributed by atoms with Crippen LogP contribution in [-0.4, -0.2) is 18.6 Å². The third kappa shape index (κ3) is 3.59. The molecule has 0 atom stereocenters. The molecule has 1 aromatic carbocycles. The molecule has 0 aromatic heterocycles. The zero-order chi connectivity index (χ0) is 13.0. The van der Waals surface area contributed by atoms with Crippen LogP contribution in [0.2, 0.25) is 0 Å². The predicted molar refractivity (Wildman–Crippen MR) is 70.0 cm³/mol. The lowest BCUT2D eigenvalue weighted by Gasteiger charge is -2.14. The van der Waals surface area contributed by atoms with Crippen molar-refractivity contribution >= 4 is 33.6 Å². The van der Waals surface area contributed by atoms with Crippen molar-refractivity contribution in [1.29, 1.82) is 0 Å². The minimum Gasteiger partial charge on any atom is -0.462 e. The number of rotatable bonds is 2. The highest BCUT2D eigenvalue weighted by Gasteiger charge is 2.12. The Morgan fingerprint density at radius 1 is 1.22 bits per heavy atom. The Bertz CT molecular complexity index is 497. The Hall–Kier alpha value is -1.82. The summed E-state index contributed by atoms with van der Waals surface area (Å²) in [6, 6.07) is 6.82. The molecule has 2 rings (SSSR count). The Morgan fingerprint density at radius 3 is 2.61 bits per heavy atom. The second kappa shape index (κ2) is 5.68. The summed E-state index contributed by atoms with van der Waals surface area (Å²) in [4.78, 5) is 22.6. The van der Waals surface area contributed by atoms with E-state index in [-0.39, 0.29) is 6.03 Å². The highest BCUT2D eigenvalue weighted by Crippen LogP contribution is 2.14. The van der Waals surface area contributed by atoms with Crippen LogP contribution in [0.5, 0.6) is 0 Å². The van der Waals surface area contributed by atoms with Gasteiger partial charge < -0.3 is 15.4 Å². The first-order chi connectivity index (χ1) is 8.63. The van der Waals surface area contributed by atoms with Gasteiger partial charge in [-0.1, -0.05) is 15.9 Å². The van der Waals surface area contributed by atoms with Gasteiger partial charge in [-0.3, -0.25) is 0 Å². The number of halogens is 1. The molecule has 1 aliphatic heterocycles. The van der Waals surface area contributed by atoms with Crippen LogP contribution >= 0.6 is 15.9 Å². The first-order valence-electron chi connectivity index (χ1n) is 5.34. The Balaban J connectivity index is 1.92. The van der Waals surface area contributed by atoms with Gasteiger partial charge >= 0.3 is 12.0 Å². The molecule has 2 amide bonds. The molecule has 94 valence electrons. The lowest BCUT2D eigenvalue weighted by molar-refractivity contribution is -0.138. The van der Waals surface area contributed by atoms with Crippen molar-refractivity contribution in [3.63, 3.8) is 0 Å². The smallest absolute Gasteiger partial charge is 0.332 e. The van der Waals surface area contributed by atoms with Crippen molar-refractivity contribution in [2.75, 3.05) is 11.9 Å². The van der Waals surface area contributed by atoms with Crippen LogP contribution in [0, 0.1) is 0 Å². The molecular formula is C12H11BrN2O3. The Morgan fingerprint density at radius 2 is 1.94 bits per heavy atom. The monoisotopic (exact) mass is 310 g/mol. The van der Waals surface area contributed by atoms with Gasteiger partial charge in [0.2, 0.25) is 0 Å². The predicted octanol–water partition coefficient (Wildman–Crippen LogP) is 2.40. The second-order valence-electron chi connectivity index (χ2n) is 3.67. The molecule has 0 unspecified atom stereocenters.